The molecule has 3 aliphatic heterocycles. The molecule has 2 N–H and O–H groups in total. The van der Waals surface area contributed by atoms with Gasteiger partial charge in [-0.15, -0.1) is 0 Å². The Balaban J connectivity index is 1.56. The molecule has 0 unspecified atom stereocenters. The minimum Gasteiger partial charge on any atom is -0.461 e. The number of hydrogen-bond donors (Lipinski definition) is 2. The molecule has 0 radical (unpaired) electrons. The lowest BCUT2D eigenvalue weighted by molar-refractivity contribution is -0.315. The summed E-state index contributed by atoms with van der Waals surface area (Å²) in [4.78, 5) is 0. The maximum atomic E-state index is 11.2. The lowest BCUT2D eigenvalue weighted by Gasteiger charge is -2.43. The molecule has 5 nitrogen and oxygen atoms in total. The molecule has 4 atom stereocenters. The maximum absolute atomic E-state index is 11.2. The predicted octanol–water partition coefficient (Wildman–Crippen LogP) is 2.63. The van der Waals surface area contributed by atoms with E-state index < -0.39 is 23.8 Å². The van der Waals surface area contributed by atoms with Crippen LogP contribution < -0.4 is 9.47 Å². The van der Waals surface area contributed by atoms with Gasteiger partial charge in [-0.2, -0.15) is 0 Å². The Morgan fingerprint density at radius 1 is 0.920 bits per heavy atom. The molecule has 0 saturated carbocycles. The van der Waals surface area contributed by atoms with E-state index in [9.17, 15) is 10.2 Å². The molecular formula is C20H20O5. The summed E-state index contributed by atoms with van der Waals surface area (Å²) in [6, 6.07) is 11.5. The van der Waals surface area contributed by atoms with Crippen molar-refractivity contribution in [2.75, 3.05) is 0 Å². The number of rotatable bonds is 0. The zero-order chi connectivity index (χ0) is 17.4. The second-order valence-corrected chi connectivity index (χ2v) is 7.35. The first-order valence-electron chi connectivity index (χ1n) is 8.56. The lowest BCUT2D eigenvalue weighted by Crippen LogP contribution is -2.55. The summed E-state index contributed by atoms with van der Waals surface area (Å²) >= 11 is 0. The molecule has 130 valence electrons. The normalized spacial score (nSPS) is 34.9. The van der Waals surface area contributed by atoms with Gasteiger partial charge in [0, 0.05) is 11.1 Å². The molecule has 1 saturated heterocycles. The number of benzene rings is 2. The summed E-state index contributed by atoms with van der Waals surface area (Å²) < 4.78 is 17.8. The molecule has 2 aromatic rings. The van der Waals surface area contributed by atoms with Crippen LogP contribution in [0.5, 0.6) is 11.5 Å². The van der Waals surface area contributed by atoms with Crippen LogP contribution in [-0.2, 0) is 15.9 Å². The van der Waals surface area contributed by atoms with Crippen molar-refractivity contribution < 1.29 is 24.4 Å². The molecule has 0 aromatic heterocycles. The van der Waals surface area contributed by atoms with E-state index >= 15 is 0 Å². The molecule has 2 aromatic carbocycles. The third kappa shape index (κ3) is 1.89. The summed E-state index contributed by atoms with van der Waals surface area (Å²) in [5, 5.41) is 21.8. The van der Waals surface area contributed by atoms with E-state index in [0.29, 0.717) is 24.3 Å². The fraction of sp³-hybridized carbons (Fsp3) is 0.400. The molecule has 25 heavy (non-hydrogen) atoms. The van der Waals surface area contributed by atoms with Crippen LogP contribution in [0.2, 0.25) is 0 Å². The Bertz CT molecular complexity index is 878. The first-order chi connectivity index (χ1) is 11.9. The Labute approximate surface area is 145 Å². The number of aliphatic hydroxyl groups excluding tert-OH is 1. The summed E-state index contributed by atoms with van der Waals surface area (Å²) in [5.74, 6) is 1.27. The van der Waals surface area contributed by atoms with Crippen LogP contribution in [0.25, 0.3) is 0 Å². The first kappa shape index (κ1) is 15.2. The van der Waals surface area contributed by atoms with Crippen molar-refractivity contribution in [2.24, 2.45) is 0 Å². The highest BCUT2D eigenvalue weighted by Crippen LogP contribution is 2.57. The van der Waals surface area contributed by atoms with Gasteiger partial charge >= 0.3 is 0 Å². The Morgan fingerprint density at radius 2 is 1.56 bits per heavy atom. The van der Waals surface area contributed by atoms with Crippen LogP contribution >= 0.6 is 0 Å². The average molecular weight is 340 g/mol. The van der Waals surface area contributed by atoms with Gasteiger partial charge in [0.05, 0.1) is 0 Å². The van der Waals surface area contributed by atoms with Gasteiger partial charge in [-0.25, -0.2) is 0 Å². The lowest BCUT2D eigenvalue weighted by atomic mass is 9.78. The van der Waals surface area contributed by atoms with Crippen LogP contribution in [0.1, 0.15) is 35.1 Å². The van der Waals surface area contributed by atoms with Gasteiger partial charge in [0.15, 0.2) is 11.2 Å². The SMILES string of the molecule is Cc1ccc2c(c1)O[C@H]1O[C@]3(CC[C@@]21O)c1ccc(C)cc1O[C@@H]3O. The molecule has 1 spiro atoms. The molecule has 0 bridgehead atoms. The largest absolute Gasteiger partial charge is 0.461 e. The second-order valence-electron chi connectivity index (χ2n) is 7.35. The van der Waals surface area contributed by atoms with Crippen LogP contribution in [-0.4, -0.2) is 22.8 Å². The van der Waals surface area contributed by atoms with Crippen LogP contribution in [0, 0.1) is 13.8 Å². The van der Waals surface area contributed by atoms with Crippen molar-refractivity contribution in [3.8, 4) is 11.5 Å². The number of ether oxygens (including phenoxy) is 3. The highest BCUT2D eigenvalue weighted by Gasteiger charge is 2.62. The molecular weight excluding hydrogens is 320 g/mol. The fourth-order valence-electron chi connectivity index (χ4n) is 4.23. The van der Waals surface area contributed by atoms with E-state index in [-0.39, 0.29) is 0 Å². The maximum Gasteiger partial charge on any atom is 0.234 e. The highest BCUT2D eigenvalue weighted by molar-refractivity contribution is 5.48. The van der Waals surface area contributed by atoms with E-state index in [1.165, 1.54) is 0 Å². The summed E-state index contributed by atoms with van der Waals surface area (Å²) in [6.07, 6.45) is -1.14. The van der Waals surface area contributed by atoms with Crippen LogP contribution in [0.15, 0.2) is 36.4 Å². The Morgan fingerprint density at radius 3 is 2.28 bits per heavy atom. The van der Waals surface area contributed by atoms with E-state index in [1.54, 1.807) is 0 Å². The first-order valence-corrected chi connectivity index (χ1v) is 8.56. The fourth-order valence-corrected chi connectivity index (χ4v) is 4.23. The second kappa shape index (κ2) is 4.75. The molecule has 1 fully saturated rings. The van der Waals surface area contributed by atoms with Crippen molar-refractivity contribution in [3.05, 3.63) is 58.7 Å². The zero-order valence-electron chi connectivity index (χ0n) is 14.2. The number of aryl methyl sites for hydroxylation is 2. The third-order valence-corrected chi connectivity index (χ3v) is 5.65. The predicted molar refractivity (Wildman–Crippen MR) is 89.3 cm³/mol. The molecule has 0 amide bonds. The van der Waals surface area contributed by atoms with Gasteiger partial charge in [-0.3, -0.25) is 0 Å². The highest BCUT2D eigenvalue weighted by atomic mass is 16.7. The molecule has 0 aliphatic carbocycles. The topological polar surface area (TPSA) is 68.2 Å². The van der Waals surface area contributed by atoms with E-state index in [4.69, 9.17) is 14.2 Å². The minimum atomic E-state index is -1.21. The van der Waals surface area contributed by atoms with Gasteiger partial charge < -0.3 is 24.4 Å². The molecule has 5 heteroatoms. The van der Waals surface area contributed by atoms with Gasteiger partial charge in [0.25, 0.3) is 0 Å². The molecule has 3 aliphatic rings. The van der Waals surface area contributed by atoms with Crippen molar-refractivity contribution >= 4 is 0 Å². The van der Waals surface area contributed by atoms with Crippen molar-refractivity contribution in [3.63, 3.8) is 0 Å². The van der Waals surface area contributed by atoms with Crippen LogP contribution in [0.4, 0.5) is 0 Å². The summed E-state index contributed by atoms with van der Waals surface area (Å²) in [6.45, 7) is 3.95. The molecule has 5 rings (SSSR count). The standard InChI is InChI=1S/C20H20O5/c1-11-3-5-13-15(9-11)24-18-19(13,22)7-8-20(25-18)14-6-4-12(2)10-16(14)23-17(20)21/h3-6,9-10,17-18,21-22H,7-8H2,1-2H3/t17-,18-,19+,20+/m0/s1. The van der Waals surface area contributed by atoms with Gasteiger partial charge in [0.2, 0.25) is 12.6 Å². The number of fused-ring (bicyclic) bond motifs is 5. The third-order valence-electron chi connectivity index (χ3n) is 5.65. The monoisotopic (exact) mass is 340 g/mol. The van der Waals surface area contributed by atoms with Crippen molar-refractivity contribution in [2.45, 2.75) is 50.5 Å². The summed E-state index contributed by atoms with van der Waals surface area (Å²) in [7, 11) is 0. The van der Waals surface area contributed by atoms with Gasteiger partial charge in [-0.1, -0.05) is 24.3 Å². The zero-order valence-corrected chi connectivity index (χ0v) is 14.2. The Kier molecular flexibility index (Phi) is 2.89. The van der Waals surface area contributed by atoms with Crippen molar-refractivity contribution in [1.29, 1.82) is 0 Å². The smallest absolute Gasteiger partial charge is 0.234 e. The van der Waals surface area contributed by atoms with E-state index in [0.717, 1.165) is 22.3 Å². The quantitative estimate of drug-likeness (QED) is 0.772. The van der Waals surface area contributed by atoms with Crippen LogP contribution in [0.3, 0.4) is 0 Å². The van der Waals surface area contributed by atoms with E-state index in [2.05, 4.69) is 0 Å². The number of aliphatic hydroxyl groups is 2. The van der Waals surface area contributed by atoms with Crippen molar-refractivity contribution in [1.82, 2.24) is 0 Å². The molecule has 3 heterocycles. The van der Waals surface area contributed by atoms with Gasteiger partial charge in [0.1, 0.15) is 11.5 Å². The van der Waals surface area contributed by atoms with Gasteiger partial charge in [-0.05, 0) is 49.9 Å². The minimum absolute atomic E-state index is 0.418. The number of hydrogen-bond acceptors (Lipinski definition) is 5. The Hall–Kier alpha value is -2.08. The average Bonchev–Trinajstić information content (AvgIpc) is 2.99. The van der Waals surface area contributed by atoms with E-state index in [1.807, 2.05) is 50.2 Å². The summed E-state index contributed by atoms with van der Waals surface area (Å²) in [5.41, 5.74) is 1.44.